The van der Waals surface area contributed by atoms with Crippen LogP contribution in [0.4, 0.5) is 4.39 Å². The molecular weight excluding hydrogens is 187 g/mol. The number of rotatable bonds is 3. The number of aryl methyl sites for hydroxylation is 1. The Morgan fingerprint density at radius 2 is 2.21 bits per heavy atom. The predicted octanol–water partition coefficient (Wildman–Crippen LogP) is 1.99. The summed E-state index contributed by atoms with van der Waals surface area (Å²) in [7, 11) is 0. The van der Waals surface area contributed by atoms with Crippen molar-refractivity contribution in [3.8, 4) is 5.75 Å². The van der Waals surface area contributed by atoms with Crippen molar-refractivity contribution in [1.29, 1.82) is 0 Å². The molecule has 1 aromatic carbocycles. The van der Waals surface area contributed by atoms with E-state index in [1.54, 1.807) is 6.92 Å². The maximum atomic E-state index is 12.7. The molecule has 1 rings (SSSR count). The number of carboxylic acid groups (broad SMARTS) is 1. The molecule has 1 N–H and O–H groups in total. The first-order valence-electron chi connectivity index (χ1n) is 4.16. The van der Waals surface area contributed by atoms with Crippen molar-refractivity contribution in [2.75, 3.05) is 0 Å². The highest BCUT2D eigenvalue weighted by molar-refractivity contribution is 5.72. The molecule has 0 saturated heterocycles. The fourth-order valence-electron chi connectivity index (χ4n) is 0.986. The van der Waals surface area contributed by atoms with Gasteiger partial charge in [0.25, 0.3) is 0 Å². The minimum Gasteiger partial charge on any atom is -0.479 e. The van der Waals surface area contributed by atoms with Gasteiger partial charge in [0, 0.05) is 0 Å². The molecule has 0 unspecified atom stereocenters. The Hall–Kier alpha value is -1.58. The van der Waals surface area contributed by atoms with Crippen LogP contribution in [0.3, 0.4) is 0 Å². The van der Waals surface area contributed by atoms with E-state index in [-0.39, 0.29) is 5.82 Å². The SMILES string of the molecule is Cc1cc(F)ccc1O[C@H](C)C(=O)O. The van der Waals surface area contributed by atoms with Crippen LogP contribution in [0.1, 0.15) is 12.5 Å². The average molecular weight is 198 g/mol. The van der Waals surface area contributed by atoms with Gasteiger partial charge in [-0.2, -0.15) is 0 Å². The van der Waals surface area contributed by atoms with Gasteiger partial charge in [-0.15, -0.1) is 0 Å². The molecule has 0 amide bonds. The van der Waals surface area contributed by atoms with Gasteiger partial charge < -0.3 is 9.84 Å². The van der Waals surface area contributed by atoms with E-state index in [0.717, 1.165) is 0 Å². The lowest BCUT2D eigenvalue weighted by Crippen LogP contribution is -2.23. The third-order valence-electron chi connectivity index (χ3n) is 1.79. The molecule has 0 aliphatic carbocycles. The van der Waals surface area contributed by atoms with Gasteiger partial charge in [0.15, 0.2) is 6.10 Å². The highest BCUT2D eigenvalue weighted by Gasteiger charge is 2.13. The fourth-order valence-corrected chi connectivity index (χ4v) is 0.986. The van der Waals surface area contributed by atoms with Crippen molar-refractivity contribution in [3.63, 3.8) is 0 Å². The van der Waals surface area contributed by atoms with Crippen LogP contribution >= 0.6 is 0 Å². The monoisotopic (exact) mass is 198 g/mol. The maximum absolute atomic E-state index is 12.7. The Labute approximate surface area is 81.1 Å². The van der Waals surface area contributed by atoms with E-state index in [1.807, 2.05) is 0 Å². The molecule has 0 aromatic heterocycles. The number of benzene rings is 1. The van der Waals surface area contributed by atoms with Crippen molar-refractivity contribution in [2.45, 2.75) is 20.0 Å². The minimum atomic E-state index is -1.05. The van der Waals surface area contributed by atoms with Gasteiger partial charge in [0.2, 0.25) is 0 Å². The highest BCUT2D eigenvalue weighted by Crippen LogP contribution is 2.19. The van der Waals surface area contributed by atoms with Gasteiger partial charge >= 0.3 is 5.97 Å². The first-order valence-corrected chi connectivity index (χ1v) is 4.16. The molecule has 4 heteroatoms. The summed E-state index contributed by atoms with van der Waals surface area (Å²) in [4.78, 5) is 10.5. The molecule has 0 bridgehead atoms. The third kappa shape index (κ3) is 2.45. The normalized spacial score (nSPS) is 12.2. The van der Waals surface area contributed by atoms with Crippen LogP contribution in [-0.4, -0.2) is 17.2 Å². The van der Waals surface area contributed by atoms with Crippen molar-refractivity contribution >= 4 is 5.97 Å². The van der Waals surface area contributed by atoms with Crippen LogP contribution in [0.25, 0.3) is 0 Å². The van der Waals surface area contributed by atoms with Gasteiger partial charge in [-0.25, -0.2) is 9.18 Å². The largest absolute Gasteiger partial charge is 0.479 e. The van der Waals surface area contributed by atoms with Crippen molar-refractivity contribution in [3.05, 3.63) is 29.6 Å². The van der Waals surface area contributed by atoms with Crippen LogP contribution in [-0.2, 0) is 4.79 Å². The number of hydrogen-bond donors (Lipinski definition) is 1. The summed E-state index contributed by atoms with van der Waals surface area (Å²) in [6.07, 6.45) is -0.931. The van der Waals surface area contributed by atoms with Gasteiger partial charge in [0.1, 0.15) is 11.6 Å². The Morgan fingerprint density at radius 1 is 1.57 bits per heavy atom. The lowest BCUT2D eigenvalue weighted by molar-refractivity contribution is -0.144. The zero-order chi connectivity index (χ0) is 10.7. The van der Waals surface area contributed by atoms with Gasteiger partial charge in [-0.3, -0.25) is 0 Å². The molecule has 0 radical (unpaired) electrons. The van der Waals surface area contributed by atoms with Crippen LogP contribution in [0, 0.1) is 12.7 Å². The molecule has 0 heterocycles. The summed E-state index contributed by atoms with van der Waals surface area (Å²) in [5, 5.41) is 8.59. The molecule has 1 aromatic rings. The van der Waals surface area contributed by atoms with Crippen molar-refractivity contribution in [1.82, 2.24) is 0 Å². The van der Waals surface area contributed by atoms with Crippen LogP contribution in [0.5, 0.6) is 5.75 Å². The number of halogens is 1. The van der Waals surface area contributed by atoms with E-state index in [0.29, 0.717) is 11.3 Å². The van der Waals surface area contributed by atoms with E-state index < -0.39 is 12.1 Å². The van der Waals surface area contributed by atoms with Crippen LogP contribution in [0.15, 0.2) is 18.2 Å². The number of aliphatic carboxylic acids is 1. The summed E-state index contributed by atoms with van der Waals surface area (Å²) >= 11 is 0. The minimum absolute atomic E-state index is 0.363. The Bertz CT molecular complexity index is 349. The lowest BCUT2D eigenvalue weighted by atomic mass is 10.2. The first kappa shape index (κ1) is 10.5. The Balaban J connectivity index is 2.82. The Kier molecular flexibility index (Phi) is 3.06. The smallest absolute Gasteiger partial charge is 0.344 e. The number of hydrogen-bond acceptors (Lipinski definition) is 2. The summed E-state index contributed by atoms with van der Waals surface area (Å²) in [6, 6.07) is 3.95. The van der Waals surface area contributed by atoms with Gasteiger partial charge in [-0.1, -0.05) is 0 Å². The summed E-state index contributed by atoms with van der Waals surface area (Å²) in [5.41, 5.74) is 0.582. The average Bonchev–Trinajstić information content (AvgIpc) is 2.09. The molecule has 0 aliphatic rings. The van der Waals surface area contributed by atoms with E-state index in [9.17, 15) is 9.18 Å². The molecule has 0 aliphatic heterocycles. The van der Waals surface area contributed by atoms with Gasteiger partial charge in [-0.05, 0) is 37.6 Å². The Morgan fingerprint density at radius 3 is 2.71 bits per heavy atom. The van der Waals surface area contributed by atoms with E-state index in [2.05, 4.69) is 0 Å². The van der Waals surface area contributed by atoms with Crippen LogP contribution < -0.4 is 4.74 Å². The van der Waals surface area contributed by atoms with Gasteiger partial charge in [0.05, 0.1) is 0 Å². The molecular formula is C10H11FO3. The van der Waals surface area contributed by atoms with Crippen LogP contribution in [0.2, 0.25) is 0 Å². The van der Waals surface area contributed by atoms with E-state index in [4.69, 9.17) is 9.84 Å². The lowest BCUT2D eigenvalue weighted by Gasteiger charge is -2.12. The predicted molar refractivity (Wildman–Crippen MR) is 48.9 cm³/mol. The number of carbonyl (C=O) groups is 1. The first-order chi connectivity index (χ1) is 6.50. The molecule has 0 spiro atoms. The molecule has 1 atom stereocenters. The van der Waals surface area contributed by atoms with E-state index >= 15 is 0 Å². The van der Waals surface area contributed by atoms with E-state index in [1.165, 1.54) is 25.1 Å². The number of ether oxygens (including phenoxy) is 1. The summed E-state index contributed by atoms with van der Waals surface area (Å²) in [6.45, 7) is 3.08. The molecule has 0 saturated carbocycles. The maximum Gasteiger partial charge on any atom is 0.344 e. The second-order valence-electron chi connectivity index (χ2n) is 3.01. The molecule has 0 fully saturated rings. The molecule has 3 nitrogen and oxygen atoms in total. The van der Waals surface area contributed by atoms with Crippen molar-refractivity contribution in [2.24, 2.45) is 0 Å². The zero-order valence-corrected chi connectivity index (χ0v) is 7.95. The topological polar surface area (TPSA) is 46.5 Å². The third-order valence-corrected chi connectivity index (χ3v) is 1.79. The highest BCUT2D eigenvalue weighted by atomic mass is 19.1. The quantitative estimate of drug-likeness (QED) is 0.807. The second kappa shape index (κ2) is 4.09. The summed E-state index contributed by atoms with van der Waals surface area (Å²) < 4.78 is 17.8. The fraction of sp³-hybridized carbons (Fsp3) is 0.300. The standard InChI is InChI=1S/C10H11FO3/c1-6-5-8(11)3-4-9(6)14-7(2)10(12)13/h3-5,7H,1-2H3,(H,12,13)/t7-/m1/s1. The number of carboxylic acids is 1. The molecule has 14 heavy (non-hydrogen) atoms. The summed E-state index contributed by atoms with van der Waals surface area (Å²) in [5.74, 6) is -1.02. The van der Waals surface area contributed by atoms with Crippen molar-refractivity contribution < 1.29 is 19.0 Å². The molecule has 76 valence electrons. The second-order valence-corrected chi connectivity index (χ2v) is 3.01. The zero-order valence-electron chi connectivity index (χ0n) is 7.95.